The fraction of sp³-hybridized carbons (Fsp3) is 1.00. The van der Waals surface area contributed by atoms with Crippen molar-refractivity contribution in [1.29, 1.82) is 0 Å². The third-order valence-corrected chi connectivity index (χ3v) is 3.76. The fourth-order valence-corrected chi connectivity index (χ4v) is 2.48. The first-order valence-electron chi connectivity index (χ1n) is 6.84. The lowest BCUT2D eigenvalue weighted by Gasteiger charge is -2.42. The SMILES string of the molecule is OCC1CC(O)C(O)C(OC2C(CO)OCC(O)C2O)O1. The van der Waals surface area contributed by atoms with Gasteiger partial charge in [-0.1, -0.05) is 0 Å². The number of ether oxygens (including phenoxy) is 3. The summed E-state index contributed by atoms with van der Waals surface area (Å²) in [6, 6.07) is 0. The zero-order chi connectivity index (χ0) is 15.6. The van der Waals surface area contributed by atoms with E-state index in [4.69, 9.17) is 19.3 Å². The summed E-state index contributed by atoms with van der Waals surface area (Å²) in [7, 11) is 0. The molecule has 9 heteroatoms. The Kier molecular flexibility index (Phi) is 5.88. The Morgan fingerprint density at radius 1 is 0.952 bits per heavy atom. The molecule has 0 aromatic heterocycles. The molecule has 0 saturated carbocycles. The lowest BCUT2D eigenvalue weighted by molar-refractivity contribution is -0.319. The maximum absolute atomic E-state index is 9.93. The zero-order valence-electron chi connectivity index (χ0n) is 11.4. The average molecular weight is 310 g/mol. The molecule has 2 saturated heterocycles. The molecule has 0 aromatic carbocycles. The molecule has 2 aliphatic heterocycles. The highest BCUT2D eigenvalue weighted by molar-refractivity contribution is 4.90. The molecule has 6 N–H and O–H groups in total. The van der Waals surface area contributed by atoms with Crippen LogP contribution in [0.3, 0.4) is 0 Å². The van der Waals surface area contributed by atoms with Crippen LogP contribution in [-0.4, -0.2) is 99.5 Å². The molecule has 0 spiro atoms. The summed E-state index contributed by atoms with van der Waals surface area (Å²) in [6.07, 6.45) is -9.07. The van der Waals surface area contributed by atoms with E-state index in [9.17, 15) is 25.5 Å². The molecular weight excluding hydrogens is 288 g/mol. The largest absolute Gasteiger partial charge is 0.394 e. The molecule has 21 heavy (non-hydrogen) atoms. The Bertz CT molecular complexity index is 326. The molecule has 124 valence electrons. The second kappa shape index (κ2) is 7.27. The highest BCUT2D eigenvalue weighted by Gasteiger charge is 2.45. The van der Waals surface area contributed by atoms with Gasteiger partial charge in [0.1, 0.15) is 30.5 Å². The van der Waals surface area contributed by atoms with Crippen molar-refractivity contribution in [2.45, 2.75) is 55.4 Å². The van der Waals surface area contributed by atoms with Crippen molar-refractivity contribution >= 4 is 0 Å². The van der Waals surface area contributed by atoms with Crippen LogP contribution in [0.15, 0.2) is 0 Å². The van der Waals surface area contributed by atoms with Gasteiger partial charge in [0.15, 0.2) is 6.29 Å². The summed E-state index contributed by atoms with van der Waals surface area (Å²) in [4.78, 5) is 0. The molecule has 8 unspecified atom stereocenters. The number of rotatable bonds is 4. The normalized spacial score (nSPS) is 48.3. The Morgan fingerprint density at radius 3 is 2.29 bits per heavy atom. The standard InChI is InChI=1S/C12H22O9/c13-2-5-1-6(15)10(18)12(20-5)21-11-8(3-14)19-4-7(16)9(11)17/h5-18H,1-4H2. The van der Waals surface area contributed by atoms with Crippen molar-refractivity contribution in [1.82, 2.24) is 0 Å². The summed E-state index contributed by atoms with van der Waals surface area (Å²) in [5.41, 5.74) is 0. The number of aliphatic hydroxyl groups is 6. The maximum Gasteiger partial charge on any atom is 0.186 e. The van der Waals surface area contributed by atoms with Gasteiger partial charge in [0.25, 0.3) is 0 Å². The molecule has 0 aromatic rings. The van der Waals surface area contributed by atoms with Gasteiger partial charge in [-0.2, -0.15) is 0 Å². The third-order valence-electron chi connectivity index (χ3n) is 3.76. The molecule has 0 bridgehead atoms. The van der Waals surface area contributed by atoms with Gasteiger partial charge in [-0.3, -0.25) is 0 Å². The molecule has 0 radical (unpaired) electrons. The highest BCUT2D eigenvalue weighted by Crippen LogP contribution is 2.26. The summed E-state index contributed by atoms with van der Waals surface area (Å²) in [5.74, 6) is 0. The van der Waals surface area contributed by atoms with Crippen LogP contribution in [0.2, 0.25) is 0 Å². The minimum atomic E-state index is -1.38. The van der Waals surface area contributed by atoms with E-state index in [2.05, 4.69) is 0 Å². The number of hydrogen-bond donors (Lipinski definition) is 6. The maximum atomic E-state index is 9.93. The van der Waals surface area contributed by atoms with E-state index in [1.165, 1.54) is 0 Å². The smallest absolute Gasteiger partial charge is 0.186 e. The van der Waals surface area contributed by atoms with E-state index in [-0.39, 0.29) is 19.6 Å². The van der Waals surface area contributed by atoms with Crippen molar-refractivity contribution in [3.8, 4) is 0 Å². The number of aliphatic hydroxyl groups excluding tert-OH is 6. The predicted molar refractivity (Wildman–Crippen MR) is 66.1 cm³/mol. The molecule has 0 amide bonds. The Hall–Kier alpha value is -0.360. The number of hydrogen-bond acceptors (Lipinski definition) is 9. The van der Waals surface area contributed by atoms with E-state index in [1.807, 2.05) is 0 Å². The zero-order valence-corrected chi connectivity index (χ0v) is 11.4. The van der Waals surface area contributed by atoms with Crippen LogP contribution in [0.25, 0.3) is 0 Å². The van der Waals surface area contributed by atoms with E-state index < -0.39 is 55.6 Å². The van der Waals surface area contributed by atoms with Gasteiger partial charge in [0, 0.05) is 6.42 Å². The van der Waals surface area contributed by atoms with E-state index in [1.54, 1.807) is 0 Å². The van der Waals surface area contributed by atoms with Gasteiger partial charge in [0.05, 0.1) is 32.0 Å². The summed E-state index contributed by atoms with van der Waals surface area (Å²) in [6.45, 7) is -0.967. The Labute approximate surface area is 121 Å². The second-order valence-corrected chi connectivity index (χ2v) is 5.32. The van der Waals surface area contributed by atoms with Crippen LogP contribution in [0.4, 0.5) is 0 Å². The van der Waals surface area contributed by atoms with Gasteiger partial charge in [-0.25, -0.2) is 0 Å². The predicted octanol–water partition coefficient (Wildman–Crippen LogP) is -3.69. The van der Waals surface area contributed by atoms with Crippen LogP contribution in [-0.2, 0) is 14.2 Å². The summed E-state index contributed by atoms with van der Waals surface area (Å²) < 4.78 is 15.8. The second-order valence-electron chi connectivity index (χ2n) is 5.32. The fourth-order valence-electron chi connectivity index (χ4n) is 2.48. The van der Waals surface area contributed by atoms with Crippen molar-refractivity contribution in [2.75, 3.05) is 19.8 Å². The van der Waals surface area contributed by atoms with E-state index >= 15 is 0 Å². The molecule has 2 rings (SSSR count). The van der Waals surface area contributed by atoms with Crippen molar-refractivity contribution < 1.29 is 44.8 Å². The molecular formula is C12H22O9. The quantitative estimate of drug-likeness (QED) is 0.308. The first-order chi connectivity index (χ1) is 9.97. The minimum Gasteiger partial charge on any atom is -0.394 e. The van der Waals surface area contributed by atoms with E-state index in [0.29, 0.717) is 0 Å². The Morgan fingerprint density at radius 2 is 1.67 bits per heavy atom. The van der Waals surface area contributed by atoms with Crippen LogP contribution in [0.1, 0.15) is 6.42 Å². The molecule has 2 heterocycles. The Balaban J connectivity index is 2.05. The average Bonchev–Trinajstić information content (AvgIpc) is 2.48. The van der Waals surface area contributed by atoms with Gasteiger partial charge in [0.2, 0.25) is 0 Å². The van der Waals surface area contributed by atoms with Crippen molar-refractivity contribution in [2.24, 2.45) is 0 Å². The lowest BCUT2D eigenvalue weighted by Crippen LogP contribution is -2.59. The summed E-state index contributed by atoms with van der Waals surface area (Å²) in [5, 5.41) is 57.4. The lowest BCUT2D eigenvalue weighted by atomic mass is 9.99. The third kappa shape index (κ3) is 3.70. The minimum absolute atomic E-state index is 0.0489. The van der Waals surface area contributed by atoms with Gasteiger partial charge in [-0.05, 0) is 0 Å². The van der Waals surface area contributed by atoms with Gasteiger partial charge >= 0.3 is 0 Å². The van der Waals surface area contributed by atoms with Crippen LogP contribution in [0.5, 0.6) is 0 Å². The molecule has 8 atom stereocenters. The molecule has 2 fully saturated rings. The molecule has 9 nitrogen and oxygen atoms in total. The molecule has 0 aliphatic carbocycles. The van der Waals surface area contributed by atoms with Crippen molar-refractivity contribution in [3.05, 3.63) is 0 Å². The van der Waals surface area contributed by atoms with Crippen LogP contribution in [0, 0.1) is 0 Å². The van der Waals surface area contributed by atoms with Crippen LogP contribution >= 0.6 is 0 Å². The first-order valence-corrected chi connectivity index (χ1v) is 6.84. The van der Waals surface area contributed by atoms with Crippen molar-refractivity contribution in [3.63, 3.8) is 0 Å². The summed E-state index contributed by atoms with van der Waals surface area (Å²) >= 11 is 0. The highest BCUT2D eigenvalue weighted by atomic mass is 16.7. The van der Waals surface area contributed by atoms with Gasteiger partial charge in [-0.15, -0.1) is 0 Å². The first kappa shape index (κ1) is 17.0. The molecule has 2 aliphatic rings. The monoisotopic (exact) mass is 310 g/mol. The topological polar surface area (TPSA) is 149 Å². The van der Waals surface area contributed by atoms with Crippen LogP contribution < -0.4 is 0 Å². The van der Waals surface area contributed by atoms with Gasteiger partial charge < -0.3 is 44.8 Å². The van der Waals surface area contributed by atoms with E-state index in [0.717, 1.165) is 0 Å².